The van der Waals surface area contributed by atoms with Gasteiger partial charge in [0, 0.05) is 4.47 Å². The smallest absolute Gasteiger partial charge is 0.164 e. The zero-order valence-electron chi connectivity index (χ0n) is 8.44. The summed E-state index contributed by atoms with van der Waals surface area (Å²) in [6.07, 6.45) is 0. The van der Waals surface area contributed by atoms with E-state index in [1.807, 2.05) is 22.6 Å². The fourth-order valence-electron chi connectivity index (χ4n) is 1.33. The predicted octanol–water partition coefficient (Wildman–Crippen LogP) is 4.54. The van der Waals surface area contributed by atoms with E-state index in [0.29, 0.717) is 10.2 Å². The van der Waals surface area contributed by atoms with Crippen molar-refractivity contribution in [1.82, 2.24) is 0 Å². The first-order valence-corrected chi connectivity index (χ1v) is 6.56. The number of hydrogen-bond donors (Lipinski definition) is 1. The highest BCUT2D eigenvalue weighted by Crippen LogP contribution is 2.24. The fourth-order valence-corrected chi connectivity index (χ4v) is 2.20. The molecule has 2 nitrogen and oxygen atoms in total. The molecule has 17 heavy (non-hydrogen) atoms. The van der Waals surface area contributed by atoms with Crippen LogP contribution in [0.4, 0.5) is 14.5 Å². The zero-order chi connectivity index (χ0) is 12.4. The summed E-state index contributed by atoms with van der Waals surface area (Å²) in [4.78, 5) is 0. The average Bonchev–Trinajstić information content (AvgIpc) is 2.62. The Hall–Kier alpha value is -0.630. The van der Waals surface area contributed by atoms with Crippen molar-refractivity contribution in [3.8, 4) is 0 Å². The van der Waals surface area contributed by atoms with Gasteiger partial charge in [-0.3, -0.25) is 0 Å². The van der Waals surface area contributed by atoms with E-state index in [9.17, 15) is 8.78 Å². The highest BCUT2D eigenvalue weighted by atomic mass is 127. The lowest BCUT2D eigenvalue weighted by atomic mass is 10.3. The molecule has 0 bridgehead atoms. The number of rotatable bonds is 3. The summed E-state index contributed by atoms with van der Waals surface area (Å²) < 4.78 is 33.3. The normalized spacial score (nSPS) is 10.6. The minimum Gasteiger partial charge on any atom is -0.454 e. The van der Waals surface area contributed by atoms with Crippen LogP contribution in [0.5, 0.6) is 0 Å². The van der Waals surface area contributed by atoms with Gasteiger partial charge in [-0.25, -0.2) is 8.78 Å². The van der Waals surface area contributed by atoms with Gasteiger partial charge in [0.25, 0.3) is 0 Å². The molecule has 0 aliphatic carbocycles. The van der Waals surface area contributed by atoms with Crippen molar-refractivity contribution in [2.75, 3.05) is 5.32 Å². The predicted molar refractivity (Wildman–Crippen MR) is 72.8 cm³/mol. The summed E-state index contributed by atoms with van der Waals surface area (Å²) in [5.74, 6) is -0.660. The number of furan rings is 1. The summed E-state index contributed by atoms with van der Waals surface area (Å²) >= 11 is 5.04. The number of anilines is 1. The van der Waals surface area contributed by atoms with Crippen molar-refractivity contribution >= 4 is 44.2 Å². The molecule has 0 saturated carbocycles. The Morgan fingerprint density at radius 2 is 1.88 bits per heavy atom. The molecule has 6 heteroatoms. The van der Waals surface area contributed by atoms with Gasteiger partial charge in [0.05, 0.1) is 6.54 Å². The van der Waals surface area contributed by atoms with Crippen LogP contribution in [0.3, 0.4) is 0 Å². The summed E-state index contributed by atoms with van der Waals surface area (Å²) in [5.41, 5.74) is -0.153. The monoisotopic (exact) mass is 413 g/mol. The second-order valence-electron chi connectivity index (χ2n) is 3.30. The highest BCUT2D eigenvalue weighted by molar-refractivity contribution is 14.1. The second-order valence-corrected chi connectivity index (χ2v) is 5.28. The van der Waals surface area contributed by atoms with Crippen LogP contribution in [0, 0.1) is 15.4 Å². The Morgan fingerprint density at radius 1 is 1.24 bits per heavy atom. The molecular formula is C11H7BrF2INO. The summed E-state index contributed by atoms with van der Waals surface area (Å²) in [6, 6.07) is 5.95. The van der Waals surface area contributed by atoms with E-state index >= 15 is 0 Å². The van der Waals surface area contributed by atoms with Crippen molar-refractivity contribution in [2.45, 2.75) is 6.54 Å². The first-order chi connectivity index (χ1) is 8.06. The average molecular weight is 414 g/mol. The van der Waals surface area contributed by atoms with Crippen LogP contribution in [0.15, 0.2) is 33.2 Å². The lowest BCUT2D eigenvalue weighted by Gasteiger charge is -2.07. The van der Waals surface area contributed by atoms with E-state index in [1.54, 1.807) is 12.1 Å². The Bertz CT molecular complexity index is 521. The van der Waals surface area contributed by atoms with Crippen LogP contribution in [-0.2, 0) is 6.54 Å². The molecule has 1 heterocycles. The van der Waals surface area contributed by atoms with Crippen molar-refractivity contribution in [3.05, 3.63) is 49.9 Å². The van der Waals surface area contributed by atoms with Gasteiger partial charge in [-0.15, -0.1) is 0 Å². The number of halogens is 4. The SMILES string of the molecule is Fc1cc(Br)cc(F)c1NCc1ccc(I)o1. The zero-order valence-corrected chi connectivity index (χ0v) is 12.2. The van der Waals surface area contributed by atoms with E-state index in [-0.39, 0.29) is 12.2 Å². The second kappa shape index (κ2) is 5.34. The molecule has 0 fully saturated rings. The summed E-state index contributed by atoms with van der Waals surface area (Å²) in [7, 11) is 0. The lowest BCUT2D eigenvalue weighted by molar-refractivity contribution is 0.491. The van der Waals surface area contributed by atoms with Gasteiger partial charge in [0.15, 0.2) is 3.77 Å². The molecule has 0 aliphatic heterocycles. The minimum absolute atomic E-state index is 0.153. The third-order valence-electron chi connectivity index (χ3n) is 2.08. The topological polar surface area (TPSA) is 25.2 Å². The molecule has 0 aliphatic rings. The first kappa shape index (κ1) is 12.8. The Kier molecular flexibility index (Phi) is 4.03. The molecule has 1 aromatic carbocycles. The molecule has 90 valence electrons. The van der Waals surface area contributed by atoms with Crippen molar-refractivity contribution in [3.63, 3.8) is 0 Å². The summed E-state index contributed by atoms with van der Waals surface area (Å²) in [6.45, 7) is 0.235. The van der Waals surface area contributed by atoms with Crippen molar-refractivity contribution in [2.24, 2.45) is 0 Å². The Balaban J connectivity index is 2.14. The van der Waals surface area contributed by atoms with E-state index in [1.165, 1.54) is 12.1 Å². The van der Waals surface area contributed by atoms with Gasteiger partial charge >= 0.3 is 0 Å². The van der Waals surface area contributed by atoms with Gasteiger partial charge in [-0.05, 0) is 46.9 Å². The molecule has 1 aromatic heterocycles. The van der Waals surface area contributed by atoms with Crippen molar-refractivity contribution < 1.29 is 13.2 Å². The quantitative estimate of drug-likeness (QED) is 0.747. The number of hydrogen-bond acceptors (Lipinski definition) is 2. The molecule has 0 atom stereocenters. The molecule has 2 rings (SSSR count). The first-order valence-electron chi connectivity index (χ1n) is 4.69. The van der Waals surface area contributed by atoms with Gasteiger partial charge in [0.2, 0.25) is 0 Å². The molecular weight excluding hydrogens is 407 g/mol. The molecule has 0 saturated heterocycles. The summed E-state index contributed by atoms with van der Waals surface area (Å²) in [5, 5.41) is 2.67. The third kappa shape index (κ3) is 3.19. The van der Waals surface area contributed by atoms with Crippen molar-refractivity contribution in [1.29, 1.82) is 0 Å². The maximum Gasteiger partial charge on any atom is 0.164 e. The fraction of sp³-hybridized carbons (Fsp3) is 0.0909. The Labute approximate surface area is 119 Å². The van der Waals surface area contributed by atoms with E-state index in [4.69, 9.17) is 4.42 Å². The molecule has 0 amide bonds. The molecule has 0 spiro atoms. The van der Waals surface area contributed by atoms with E-state index in [2.05, 4.69) is 21.2 Å². The van der Waals surface area contributed by atoms with Crippen LogP contribution >= 0.6 is 38.5 Å². The molecule has 0 radical (unpaired) electrons. The van der Waals surface area contributed by atoms with Crippen LogP contribution < -0.4 is 5.32 Å². The van der Waals surface area contributed by atoms with Gasteiger partial charge in [0.1, 0.15) is 23.1 Å². The molecule has 1 N–H and O–H groups in total. The van der Waals surface area contributed by atoms with Crippen LogP contribution in [-0.4, -0.2) is 0 Å². The largest absolute Gasteiger partial charge is 0.454 e. The van der Waals surface area contributed by atoms with Gasteiger partial charge in [-0.1, -0.05) is 15.9 Å². The Morgan fingerprint density at radius 3 is 2.41 bits per heavy atom. The number of benzene rings is 1. The van der Waals surface area contributed by atoms with Crippen LogP contribution in [0.2, 0.25) is 0 Å². The van der Waals surface area contributed by atoms with Gasteiger partial charge < -0.3 is 9.73 Å². The molecule has 0 unspecified atom stereocenters. The van der Waals surface area contributed by atoms with Gasteiger partial charge in [-0.2, -0.15) is 0 Å². The third-order valence-corrected chi connectivity index (χ3v) is 3.11. The minimum atomic E-state index is -0.641. The maximum absolute atomic E-state index is 13.5. The van der Waals surface area contributed by atoms with Crippen LogP contribution in [0.25, 0.3) is 0 Å². The van der Waals surface area contributed by atoms with E-state index < -0.39 is 11.6 Å². The maximum atomic E-state index is 13.5. The standard InChI is InChI=1S/C11H7BrF2INO/c12-6-3-8(13)11(9(14)4-6)16-5-7-1-2-10(15)17-7/h1-4,16H,5H2. The lowest BCUT2D eigenvalue weighted by Crippen LogP contribution is -2.03. The van der Waals surface area contributed by atoms with E-state index in [0.717, 1.165) is 3.77 Å². The molecule has 2 aromatic rings. The highest BCUT2D eigenvalue weighted by Gasteiger charge is 2.10. The number of nitrogens with one attached hydrogen (secondary N) is 1. The van der Waals surface area contributed by atoms with Crippen LogP contribution in [0.1, 0.15) is 5.76 Å².